The average Bonchev–Trinajstić information content (AvgIpc) is 3.07. The number of thiophene rings is 2. The van der Waals surface area contributed by atoms with Crippen LogP contribution in [-0.2, 0) is 11.3 Å². The van der Waals surface area contributed by atoms with Crippen molar-refractivity contribution in [1.82, 2.24) is 4.90 Å². The first kappa shape index (κ1) is 15.7. The van der Waals surface area contributed by atoms with Gasteiger partial charge in [-0.05, 0) is 49.4 Å². The van der Waals surface area contributed by atoms with Gasteiger partial charge in [0, 0.05) is 11.4 Å². The van der Waals surface area contributed by atoms with Gasteiger partial charge in [-0.3, -0.25) is 9.69 Å². The molecule has 110 valence electrons. The van der Waals surface area contributed by atoms with E-state index < -0.39 is 0 Å². The van der Waals surface area contributed by atoms with Gasteiger partial charge in [-0.2, -0.15) is 5.26 Å². The van der Waals surface area contributed by atoms with E-state index >= 15 is 0 Å². The molecule has 0 fully saturated rings. The van der Waals surface area contributed by atoms with Crippen LogP contribution in [0.15, 0.2) is 22.9 Å². The van der Waals surface area contributed by atoms with Crippen molar-refractivity contribution in [2.45, 2.75) is 26.4 Å². The van der Waals surface area contributed by atoms with Crippen LogP contribution in [0.3, 0.4) is 0 Å². The molecule has 0 aromatic carbocycles. The lowest BCUT2D eigenvalue weighted by Gasteiger charge is -2.23. The van der Waals surface area contributed by atoms with Gasteiger partial charge >= 0.3 is 0 Å². The number of carbonyl (C=O) groups is 1. The number of hydrogen-bond donors (Lipinski definition) is 1. The largest absolute Gasteiger partial charge is 0.315 e. The van der Waals surface area contributed by atoms with Crippen LogP contribution in [0, 0.1) is 18.3 Å². The summed E-state index contributed by atoms with van der Waals surface area (Å²) in [6, 6.07) is 5.61. The Morgan fingerprint density at radius 1 is 1.43 bits per heavy atom. The molecule has 2 aromatic heterocycles. The highest BCUT2D eigenvalue weighted by atomic mass is 32.1. The maximum absolute atomic E-state index is 12.3. The Bertz CT molecular complexity index is 669. The van der Waals surface area contributed by atoms with Gasteiger partial charge in [0.2, 0.25) is 5.91 Å². The van der Waals surface area contributed by atoms with E-state index in [0.717, 1.165) is 6.54 Å². The topological polar surface area (TPSA) is 56.1 Å². The lowest BCUT2D eigenvalue weighted by atomic mass is 10.2. The van der Waals surface area contributed by atoms with Crippen LogP contribution in [-0.4, -0.2) is 23.9 Å². The van der Waals surface area contributed by atoms with Crippen molar-refractivity contribution in [3.05, 3.63) is 38.9 Å². The van der Waals surface area contributed by atoms with Crippen molar-refractivity contribution in [1.29, 1.82) is 5.26 Å². The molecule has 0 spiro atoms. The predicted octanol–water partition coefficient (Wildman–Crippen LogP) is 3.45. The summed E-state index contributed by atoms with van der Waals surface area (Å²) < 4.78 is 0. The molecule has 0 bridgehead atoms. The molecule has 1 amide bonds. The predicted molar refractivity (Wildman–Crippen MR) is 87.6 cm³/mol. The van der Waals surface area contributed by atoms with Gasteiger partial charge in [0.1, 0.15) is 11.1 Å². The lowest BCUT2D eigenvalue weighted by molar-refractivity contribution is -0.120. The average molecular weight is 319 g/mol. The minimum absolute atomic E-state index is 0.0920. The number of aryl methyl sites for hydroxylation is 1. The Labute approximate surface area is 132 Å². The second kappa shape index (κ2) is 6.85. The third kappa shape index (κ3) is 3.70. The Hall–Kier alpha value is -1.68. The third-order valence-electron chi connectivity index (χ3n) is 3.42. The molecule has 2 heterocycles. The fraction of sp³-hybridized carbons (Fsp3) is 0.333. The highest BCUT2D eigenvalue weighted by molar-refractivity contribution is 7.14. The Balaban J connectivity index is 1.99. The number of carbonyl (C=O) groups excluding carboxylic acids is 1. The molecule has 1 N–H and O–H groups in total. The van der Waals surface area contributed by atoms with E-state index in [4.69, 9.17) is 5.26 Å². The van der Waals surface area contributed by atoms with Crippen LogP contribution in [0.2, 0.25) is 0 Å². The Morgan fingerprint density at radius 3 is 2.76 bits per heavy atom. The van der Waals surface area contributed by atoms with Crippen LogP contribution < -0.4 is 5.32 Å². The van der Waals surface area contributed by atoms with E-state index in [9.17, 15) is 4.79 Å². The van der Waals surface area contributed by atoms with Crippen molar-refractivity contribution < 1.29 is 4.79 Å². The molecule has 6 heteroatoms. The van der Waals surface area contributed by atoms with Crippen LogP contribution in [0.25, 0.3) is 0 Å². The number of rotatable bonds is 5. The third-order valence-corrected chi connectivity index (χ3v) is 5.26. The van der Waals surface area contributed by atoms with E-state index in [0.29, 0.717) is 10.6 Å². The van der Waals surface area contributed by atoms with Crippen LogP contribution in [0.1, 0.15) is 22.9 Å². The molecule has 1 atom stereocenters. The Kier molecular flexibility index (Phi) is 5.12. The second-order valence-electron chi connectivity index (χ2n) is 4.88. The molecular formula is C15H17N3OS2. The molecule has 0 aliphatic carbocycles. The van der Waals surface area contributed by atoms with Crippen molar-refractivity contribution in [3.8, 4) is 6.07 Å². The first-order valence-corrected chi connectivity index (χ1v) is 8.30. The maximum Gasteiger partial charge on any atom is 0.242 e. The molecule has 0 saturated carbocycles. The molecule has 21 heavy (non-hydrogen) atoms. The second-order valence-corrected chi connectivity index (χ2v) is 6.80. The first-order valence-electron chi connectivity index (χ1n) is 6.54. The smallest absolute Gasteiger partial charge is 0.242 e. The number of anilines is 1. The Morgan fingerprint density at radius 2 is 2.14 bits per heavy atom. The van der Waals surface area contributed by atoms with Gasteiger partial charge in [-0.1, -0.05) is 0 Å². The zero-order valence-corrected chi connectivity index (χ0v) is 13.8. The fourth-order valence-electron chi connectivity index (χ4n) is 1.84. The molecule has 0 saturated heterocycles. The SMILES string of the molecule is Cc1ccsc1CN(C)[C@@H](C)C(=O)Nc1sccc1C#N. The summed E-state index contributed by atoms with van der Waals surface area (Å²) in [5.74, 6) is -0.0920. The zero-order valence-electron chi connectivity index (χ0n) is 12.2. The van der Waals surface area contributed by atoms with Crippen molar-refractivity contribution in [2.24, 2.45) is 0 Å². The number of nitrogens with one attached hydrogen (secondary N) is 1. The highest BCUT2D eigenvalue weighted by Crippen LogP contribution is 2.23. The van der Waals surface area contributed by atoms with Gasteiger partial charge in [0.25, 0.3) is 0 Å². The number of amides is 1. The summed E-state index contributed by atoms with van der Waals surface area (Å²) in [6.45, 7) is 4.70. The lowest BCUT2D eigenvalue weighted by Crippen LogP contribution is -2.39. The van der Waals surface area contributed by atoms with Crippen LogP contribution >= 0.6 is 22.7 Å². The van der Waals surface area contributed by atoms with E-state index in [2.05, 4.69) is 29.8 Å². The van der Waals surface area contributed by atoms with Gasteiger partial charge < -0.3 is 5.32 Å². The van der Waals surface area contributed by atoms with Crippen LogP contribution in [0.4, 0.5) is 5.00 Å². The minimum Gasteiger partial charge on any atom is -0.315 e. The van der Waals surface area contributed by atoms with E-state index in [1.165, 1.54) is 21.8 Å². The molecule has 2 aromatic rings. The van der Waals surface area contributed by atoms with Crippen molar-refractivity contribution in [3.63, 3.8) is 0 Å². The minimum atomic E-state index is -0.264. The van der Waals surface area contributed by atoms with E-state index in [1.54, 1.807) is 22.8 Å². The summed E-state index contributed by atoms with van der Waals surface area (Å²) >= 11 is 3.07. The van der Waals surface area contributed by atoms with Crippen molar-refractivity contribution >= 4 is 33.6 Å². The number of likely N-dealkylation sites (N-methyl/N-ethyl adjacent to an activating group) is 1. The number of nitriles is 1. The quantitative estimate of drug-likeness (QED) is 0.918. The van der Waals surface area contributed by atoms with Crippen molar-refractivity contribution in [2.75, 3.05) is 12.4 Å². The molecule has 0 aliphatic rings. The summed E-state index contributed by atoms with van der Waals surface area (Å²) in [5, 5.41) is 16.3. The standard InChI is InChI=1S/C15H17N3OS2/c1-10-4-6-20-13(10)9-18(3)11(2)14(19)17-15-12(8-16)5-7-21-15/h4-7,11H,9H2,1-3H3,(H,17,19)/t11-/m0/s1. The van der Waals surface area contributed by atoms with Gasteiger partial charge in [-0.15, -0.1) is 22.7 Å². The zero-order chi connectivity index (χ0) is 15.4. The molecule has 0 aliphatic heterocycles. The van der Waals surface area contributed by atoms with Gasteiger partial charge in [0.15, 0.2) is 0 Å². The molecule has 0 unspecified atom stereocenters. The monoisotopic (exact) mass is 319 g/mol. The highest BCUT2D eigenvalue weighted by Gasteiger charge is 2.20. The first-order chi connectivity index (χ1) is 10.0. The number of hydrogen-bond acceptors (Lipinski definition) is 5. The molecule has 0 radical (unpaired) electrons. The molecule has 4 nitrogen and oxygen atoms in total. The summed E-state index contributed by atoms with van der Waals surface area (Å²) in [5.41, 5.74) is 1.77. The van der Waals surface area contributed by atoms with Gasteiger partial charge in [0.05, 0.1) is 11.6 Å². The number of nitrogens with zero attached hydrogens (tertiary/aromatic N) is 2. The van der Waals surface area contributed by atoms with Crippen LogP contribution in [0.5, 0.6) is 0 Å². The van der Waals surface area contributed by atoms with E-state index in [1.807, 2.05) is 18.9 Å². The van der Waals surface area contributed by atoms with Gasteiger partial charge in [-0.25, -0.2) is 0 Å². The fourth-order valence-corrected chi connectivity index (χ4v) is 3.55. The van der Waals surface area contributed by atoms with E-state index in [-0.39, 0.29) is 11.9 Å². The summed E-state index contributed by atoms with van der Waals surface area (Å²) in [6.07, 6.45) is 0. The summed E-state index contributed by atoms with van der Waals surface area (Å²) in [4.78, 5) is 15.6. The summed E-state index contributed by atoms with van der Waals surface area (Å²) in [7, 11) is 1.93. The molecular weight excluding hydrogens is 302 g/mol. The normalized spacial score (nSPS) is 12.1. The maximum atomic E-state index is 12.3. The molecule has 2 rings (SSSR count).